The van der Waals surface area contributed by atoms with Gasteiger partial charge in [0.1, 0.15) is 0 Å². The predicted octanol–water partition coefficient (Wildman–Crippen LogP) is 18.4. The van der Waals surface area contributed by atoms with E-state index in [1.807, 2.05) is 0 Å². The number of nitrogens with zero attached hydrogens (tertiary/aromatic N) is 2. The van der Waals surface area contributed by atoms with Crippen LogP contribution in [0.25, 0.3) is 54.6 Å². The number of aryl methyl sites for hydroxylation is 1. The van der Waals surface area contributed by atoms with Crippen molar-refractivity contribution in [1.82, 2.24) is 0 Å². The van der Waals surface area contributed by atoms with Gasteiger partial charge in [0, 0.05) is 33.5 Å². The molecule has 0 fully saturated rings. The fraction of sp³-hybridized carbons (Fsp3) is 0.0294. The van der Waals surface area contributed by atoms with Crippen molar-refractivity contribution in [3.05, 3.63) is 301 Å². The Morgan fingerprint density at radius 1 is 0.286 bits per heavy atom. The fourth-order valence-electron chi connectivity index (χ4n) is 11.4. The molecule has 12 aromatic carbocycles. The van der Waals surface area contributed by atoms with Crippen molar-refractivity contribution in [2.45, 2.75) is 12.3 Å². The number of anilines is 6. The van der Waals surface area contributed by atoms with E-state index in [0.29, 0.717) is 0 Å². The minimum Gasteiger partial charge on any atom is -0.310 e. The van der Waals surface area contributed by atoms with Crippen LogP contribution in [0, 0.1) is 6.92 Å². The van der Waals surface area contributed by atoms with Crippen molar-refractivity contribution in [3.63, 3.8) is 0 Å². The van der Waals surface area contributed by atoms with Crippen LogP contribution in [0.5, 0.6) is 0 Å². The molecule has 330 valence electrons. The molecule has 0 unspecified atom stereocenters. The van der Waals surface area contributed by atoms with Gasteiger partial charge in [-0.3, -0.25) is 0 Å². The van der Waals surface area contributed by atoms with E-state index in [4.69, 9.17) is 0 Å². The Labute approximate surface area is 409 Å². The molecule has 0 radical (unpaired) electrons. The summed E-state index contributed by atoms with van der Waals surface area (Å²) in [5, 5.41) is 7.23. The van der Waals surface area contributed by atoms with Gasteiger partial charge in [0.25, 0.3) is 0 Å². The molecule has 0 heterocycles. The van der Waals surface area contributed by atoms with Gasteiger partial charge in [0.15, 0.2) is 0 Å². The minimum atomic E-state index is -0.519. The molecular formula is C68H48N2. The number of hydrogen-bond acceptors (Lipinski definition) is 2. The van der Waals surface area contributed by atoms with Gasteiger partial charge in [0.2, 0.25) is 0 Å². The van der Waals surface area contributed by atoms with Crippen LogP contribution >= 0.6 is 0 Å². The summed E-state index contributed by atoms with van der Waals surface area (Å²) in [5.41, 5.74) is 17.4. The lowest BCUT2D eigenvalue weighted by atomic mass is 9.67. The third-order valence-electron chi connectivity index (χ3n) is 14.6. The van der Waals surface area contributed by atoms with Crippen LogP contribution in [0.4, 0.5) is 34.1 Å². The van der Waals surface area contributed by atoms with Gasteiger partial charge in [-0.2, -0.15) is 0 Å². The van der Waals surface area contributed by atoms with E-state index >= 15 is 0 Å². The number of benzene rings is 12. The highest BCUT2D eigenvalue weighted by atomic mass is 15.1. The molecular weight excluding hydrogens is 845 g/mol. The Bertz CT molecular complexity index is 3850. The molecule has 2 nitrogen and oxygen atoms in total. The normalized spacial score (nSPS) is 12.5. The second-order valence-corrected chi connectivity index (χ2v) is 18.5. The Balaban J connectivity index is 0.968. The minimum absolute atomic E-state index is 0.519. The van der Waals surface area contributed by atoms with Crippen molar-refractivity contribution in [2.24, 2.45) is 0 Å². The maximum atomic E-state index is 2.46. The van der Waals surface area contributed by atoms with E-state index in [-0.39, 0.29) is 0 Å². The van der Waals surface area contributed by atoms with Crippen LogP contribution in [-0.4, -0.2) is 0 Å². The summed E-state index contributed by atoms with van der Waals surface area (Å²) in [5.74, 6) is 0. The van der Waals surface area contributed by atoms with Gasteiger partial charge in [-0.1, -0.05) is 218 Å². The van der Waals surface area contributed by atoms with Gasteiger partial charge in [-0.15, -0.1) is 0 Å². The van der Waals surface area contributed by atoms with E-state index in [9.17, 15) is 0 Å². The van der Waals surface area contributed by atoms with Crippen molar-refractivity contribution in [3.8, 4) is 22.3 Å². The van der Waals surface area contributed by atoms with E-state index in [1.54, 1.807) is 0 Å². The molecule has 0 aromatic heterocycles. The highest BCUT2D eigenvalue weighted by molar-refractivity contribution is 6.07. The average Bonchev–Trinajstić information content (AvgIpc) is 3.73. The van der Waals surface area contributed by atoms with Crippen molar-refractivity contribution in [1.29, 1.82) is 0 Å². The standard InChI is InChI=1S/C68H48N2/c1-47-31-36-54(37-32-47)69(56-40-33-48-17-8-9-19-51(48)45-56)67-44-43-58(60-26-12-13-28-63(60)67)50-34-38-55(39-35-50)70(66-30-16-20-49-18-10-11-25-59(49)66)57-41-42-62-61-27-14-15-29-64(61)68(65(62)46-57,52-21-4-2-5-22-52)53-23-6-3-7-24-53/h2-46H,1H3. The Morgan fingerprint density at radius 2 is 0.786 bits per heavy atom. The van der Waals surface area contributed by atoms with Gasteiger partial charge in [-0.25, -0.2) is 0 Å². The average molecular weight is 893 g/mol. The summed E-state index contributed by atoms with van der Waals surface area (Å²) >= 11 is 0. The second kappa shape index (κ2) is 17.0. The summed E-state index contributed by atoms with van der Waals surface area (Å²) < 4.78 is 0. The maximum absolute atomic E-state index is 2.46. The van der Waals surface area contributed by atoms with Crippen LogP contribution in [0.3, 0.4) is 0 Å². The molecule has 0 aliphatic heterocycles. The van der Waals surface area contributed by atoms with Crippen LogP contribution in [-0.2, 0) is 5.41 Å². The lowest BCUT2D eigenvalue weighted by Crippen LogP contribution is -2.28. The van der Waals surface area contributed by atoms with Gasteiger partial charge >= 0.3 is 0 Å². The molecule has 1 aliphatic carbocycles. The summed E-state index contributed by atoms with van der Waals surface area (Å²) in [6.07, 6.45) is 0. The van der Waals surface area contributed by atoms with E-state index < -0.39 is 5.41 Å². The second-order valence-electron chi connectivity index (χ2n) is 18.5. The van der Waals surface area contributed by atoms with Crippen LogP contribution < -0.4 is 9.80 Å². The maximum Gasteiger partial charge on any atom is 0.0714 e. The lowest BCUT2D eigenvalue weighted by Gasteiger charge is -2.35. The van der Waals surface area contributed by atoms with Crippen LogP contribution in [0.15, 0.2) is 273 Å². The third kappa shape index (κ3) is 6.71. The van der Waals surface area contributed by atoms with Crippen LogP contribution in [0.1, 0.15) is 27.8 Å². The fourth-order valence-corrected chi connectivity index (χ4v) is 11.4. The quantitative estimate of drug-likeness (QED) is 0.142. The smallest absolute Gasteiger partial charge is 0.0714 e. The zero-order valence-corrected chi connectivity index (χ0v) is 38.9. The molecule has 70 heavy (non-hydrogen) atoms. The molecule has 1 aliphatic rings. The first-order chi connectivity index (χ1) is 34.6. The highest BCUT2D eigenvalue weighted by Gasteiger charge is 2.46. The number of hydrogen-bond donors (Lipinski definition) is 0. The molecule has 0 saturated carbocycles. The number of rotatable bonds is 9. The summed E-state index contributed by atoms with van der Waals surface area (Å²) in [7, 11) is 0. The molecule has 0 atom stereocenters. The molecule has 0 amide bonds. The first-order valence-electron chi connectivity index (χ1n) is 24.2. The third-order valence-corrected chi connectivity index (χ3v) is 14.6. The molecule has 13 rings (SSSR count). The Kier molecular flexibility index (Phi) is 9.99. The topological polar surface area (TPSA) is 6.48 Å². The zero-order valence-electron chi connectivity index (χ0n) is 38.9. The van der Waals surface area contributed by atoms with E-state index in [1.165, 1.54) is 76.8 Å². The van der Waals surface area contributed by atoms with Crippen LogP contribution in [0.2, 0.25) is 0 Å². The van der Waals surface area contributed by atoms with Crippen molar-refractivity contribution < 1.29 is 0 Å². The van der Waals surface area contributed by atoms with Gasteiger partial charge in [0.05, 0.1) is 16.8 Å². The first kappa shape index (κ1) is 41.2. The van der Waals surface area contributed by atoms with Crippen molar-refractivity contribution in [2.75, 3.05) is 9.80 Å². The molecule has 0 saturated heterocycles. The monoisotopic (exact) mass is 892 g/mol. The summed E-state index contributed by atoms with van der Waals surface area (Å²) in [4.78, 5) is 4.86. The predicted molar refractivity (Wildman–Crippen MR) is 296 cm³/mol. The molecule has 0 spiro atoms. The summed E-state index contributed by atoms with van der Waals surface area (Å²) in [6.45, 7) is 2.15. The largest absolute Gasteiger partial charge is 0.310 e. The molecule has 12 aromatic rings. The SMILES string of the molecule is Cc1ccc(N(c2ccc3ccccc3c2)c2ccc(-c3ccc(N(c4ccc5c(c4)C(c4ccccc4)(c4ccccc4)c4ccccc4-5)c4cccc5ccccc45)cc3)c3ccccc23)cc1. The first-order valence-corrected chi connectivity index (χ1v) is 24.2. The molecule has 0 bridgehead atoms. The Hall–Kier alpha value is -8.98. The lowest BCUT2D eigenvalue weighted by molar-refractivity contribution is 0.768. The van der Waals surface area contributed by atoms with Crippen molar-refractivity contribution >= 4 is 66.4 Å². The molecule has 0 N–H and O–H groups in total. The van der Waals surface area contributed by atoms with E-state index in [2.05, 4.69) is 290 Å². The summed E-state index contributed by atoms with van der Waals surface area (Å²) in [6, 6.07) is 101. The van der Waals surface area contributed by atoms with Gasteiger partial charge in [-0.05, 0) is 134 Å². The molecule has 2 heteroatoms. The number of fused-ring (bicyclic) bond motifs is 6. The van der Waals surface area contributed by atoms with Gasteiger partial charge < -0.3 is 9.80 Å². The highest BCUT2D eigenvalue weighted by Crippen LogP contribution is 2.57. The van der Waals surface area contributed by atoms with E-state index in [0.717, 1.165) is 39.7 Å². The zero-order chi connectivity index (χ0) is 46.6. The Morgan fingerprint density at radius 3 is 1.51 bits per heavy atom.